The van der Waals surface area contributed by atoms with Crippen molar-refractivity contribution in [3.8, 4) is 0 Å². The van der Waals surface area contributed by atoms with E-state index in [4.69, 9.17) is 0 Å². The number of nitrogens with one attached hydrogen (secondary N) is 1. The first-order chi connectivity index (χ1) is 10.2. The summed E-state index contributed by atoms with van der Waals surface area (Å²) in [5.41, 5.74) is 0.757. The summed E-state index contributed by atoms with van der Waals surface area (Å²) in [4.78, 5) is 3.83. The number of nitrogens with zero attached hydrogens (tertiary/aromatic N) is 1. The van der Waals surface area contributed by atoms with Crippen molar-refractivity contribution in [1.82, 2.24) is 10.2 Å². The van der Waals surface area contributed by atoms with Gasteiger partial charge in [0, 0.05) is 17.5 Å². The SMILES string of the molecule is CN(C)C(CNC1CCC2(CCCC2)CC1)c1cccs1. The Kier molecular flexibility index (Phi) is 5.03. The molecule has 0 amide bonds. The maximum Gasteiger partial charge on any atom is 0.0561 e. The lowest BCUT2D eigenvalue weighted by atomic mass is 9.71. The van der Waals surface area contributed by atoms with E-state index in [0.29, 0.717) is 6.04 Å². The molecule has 2 nitrogen and oxygen atoms in total. The Labute approximate surface area is 133 Å². The molecule has 0 saturated heterocycles. The summed E-state index contributed by atoms with van der Waals surface area (Å²) >= 11 is 1.88. The van der Waals surface area contributed by atoms with Crippen LogP contribution in [0.25, 0.3) is 0 Å². The fourth-order valence-corrected chi connectivity index (χ4v) is 5.28. The minimum absolute atomic E-state index is 0.521. The van der Waals surface area contributed by atoms with E-state index in [1.807, 2.05) is 11.3 Å². The smallest absolute Gasteiger partial charge is 0.0561 e. The van der Waals surface area contributed by atoms with Crippen LogP contribution in [-0.2, 0) is 0 Å². The molecule has 118 valence electrons. The quantitative estimate of drug-likeness (QED) is 0.865. The van der Waals surface area contributed by atoms with Gasteiger partial charge in [-0.15, -0.1) is 11.3 Å². The van der Waals surface area contributed by atoms with Crippen LogP contribution in [0, 0.1) is 5.41 Å². The molecule has 3 rings (SSSR count). The highest BCUT2D eigenvalue weighted by molar-refractivity contribution is 7.10. The van der Waals surface area contributed by atoms with Crippen LogP contribution < -0.4 is 5.32 Å². The zero-order chi connectivity index (χ0) is 14.7. The van der Waals surface area contributed by atoms with Crippen LogP contribution in [0.5, 0.6) is 0 Å². The molecule has 2 aliphatic rings. The topological polar surface area (TPSA) is 15.3 Å². The first-order valence-corrected chi connectivity index (χ1v) is 9.50. The molecule has 0 aromatic carbocycles. The second-order valence-electron chi connectivity index (χ2n) is 7.38. The lowest BCUT2D eigenvalue weighted by Gasteiger charge is -2.38. The molecular weight excluding hydrogens is 276 g/mol. The van der Waals surface area contributed by atoms with E-state index in [1.54, 1.807) is 0 Å². The molecule has 21 heavy (non-hydrogen) atoms. The molecule has 1 atom stereocenters. The zero-order valence-corrected chi connectivity index (χ0v) is 14.4. The van der Waals surface area contributed by atoms with Crippen LogP contribution in [0.1, 0.15) is 62.3 Å². The first kappa shape index (κ1) is 15.5. The summed E-state index contributed by atoms with van der Waals surface area (Å²) in [6, 6.07) is 5.71. The Balaban J connectivity index is 1.49. The summed E-state index contributed by atoms with van der Waals surface area (Å²) in [5, 5.41) is 6.05. The van der Waals surface area contributed by atoms with E-state index in [1.165, 1.54) is 56.2 Å². The molecule has 2 saturated carbocycles. The van der Waals surface area contributed by atoms with Gasteiger partial charge in [-0.25, -0.2) is 0 Å². The Bertz CT molecular complexity index is 410. The molecule has 3 heteroatoms. The van der Waals surface area contributed by atoms with Gasteiger partial charge in [-0.1, -0.05) is 18.9 Å². The average Bonchev–Trinajstić information content (AvgIpc) is 3.13. The second kappa shape index (κ2) is 6.80. The van der Waals surface area contributed by atoms with Crippen LogP contribution in [0.3, 0.4) is 0 Å². The van der Waals surface area contributed by atoms with Crippen molar-refractivity contribution < 1.29 is 0 Å². The molecule has 1 spiro atoms. The van der Waals surface area contributed by atoms with Gasteiger partial charge in [0.15, 0.2) is 0 Å². The van der Waals surface area contributed by atoms with Crippen LogP contribution >= 0.6 is 11.3 Å². The molecule has 1 aromatic heterocycles. The van der Waals surface area contributed by atoms with Crippen molar-refractivity contribution in [2.75, 3.05) is 20.6 Å². The van der Waals surface area contributed by atoms with E-state index in [-0.39, 0.29) is 0 Å². The summed E-state index contributed by atoms with van der Waals surface area (Å²) in [6.07, 6.45) is 11.7. The number of rotatable bonds is 5. The van der Waals surface area contributed by atoms with E-state index in [9.17, 15) is 0 Å². The van der Waals surface area contributed by atoms with E-state index in [2.05, 4.69) is 41.8 Å². The third-order valence-corrected chi connectivity index (χ3v) is 6.78. The molecule has 1 aromatic rings. The normalized spacial score (nSPS) is 24.0. The molecule has 0 aliphatic heterocycles. The summed E-state index contributed by atoms with van der Waals surface area (Å²) < 4.78 is 0. The molecule has 2 fully saturated rings. The van der Waals surface area contributed by atoms with Crippen molar-refractivity contribution in [2.24, 2.45) is 5.41 Å². The molecule has 2 aliphatic carbocycles. The van der Waals surface area contributed by atoms with Gasteiger partial charge in [-0.3, -0.25) is 0 Å². The van der Waals surface area contributed by atoms with Gasteiger partial charge in [-0.05, 0) is 69.5 Å². The molecule has 0 radical (unpaired) electrons. The van der Waals surface area contributed by atoms with Crippen molar-refractivity contribution in [1.29, 1.82) is 0 Å². The van der Waals surface area contributed by atoms with Gasteiger partial charge >= 0.3 is 0 Å². The van der Waals surface area contributed by atoms with Gasteiger partial charge in [0.25, 0.3) is 0 Å². The van der Waals surface area contributed by atoms with Gasteiger partial charge < -0.3 is 10.2 Å². The Morgan fingerprint density at radius 2 is 1.95 bits per heavy atom. The van der Waals surface area contributed by atoms with Crippen LogP contribution in [0.15, 0.2) is 17.5 Å². The summed E-state index contributed by atoms with van der Waals surface area (Å²) in [7, 11) is 4.39. The third-order valence-electron chi connectivity index (χ3n) is 5.81. The molecule has 1 unspecified atom stereocenters. The highest BCUT2D eigenvalue weighted by Crippen LogP contribution is 2.48. The lowest BCUT2D eigenvalue weighted by molar-refractivity contribution is 0.162. The predicted octanol–water partition coefficient (Wildman–Crippen LogP) is 4.44. The zero-order valence-electron chi connectivity index (χ0n) is 13.6. The fraction of sp³-hybridized carbons (Fsp3) is 0.778. The van der Waals surface area contributed by atoms with Crippen LogP contribution in [0.4, 0.5) is 0 Å². The lowest BCUT2D eigenvalue weighted by Crippen LogP contribution is -2.40. The Morgan fingerprint density at radius 3 is 2.52 bits per heavy atom. The minimum atomic E-state index is 0.521. The van der Waals surface area contributed by atoms with Crippen molar-refractivity contribution >= 4 is 11.3 Å². The van der Waals surface area contributed by atoms with E-state index in [0.717, 1.165) is 18.0 Å². The average molecular weight is 307 g/mol. The number of likely N-dealkylation sites (N-methyl/N-ethyl adjacent to an activating group) is 1. The first-order valence-electron chi connectivity index (χ1n) is 8.62. The van der Waals surface area contributed by atoms with Gasteiger partial charge in [0.2, 0.25) is 0 Å². The molecule has 1 N–H and O–H groups in total. The highest BCUT2D eigenvalue weighted by atomic mass is 32.1. The van der Waals surface area contributed by atoms with E-state index < -0.39 is 0 Å². The summed E-state index contributed by atoms with van der Waals surface area (Å²) in [5.74, 6) is 0. The van der Waals surface area contributed by atoms with Gasteiger partial charge in [0.05, 0.1) is 6.04 Å². The number of hydrogen-bond donors (Lipinski definition) is 1. The molecule has 0 bridgehead atoms. The second-order valence-corrected chi connectivity index (χ2v) is 8.36. The standard InChI is InChI=1S/C18H30N2S/c1-20(2)16(17-6-5-13-21-17)14-19-15-7-11-18(12-8-15)9-3-4-10-18/h5-6,13,15-16,19H,3-4,7-12,14H2,1-2H3. The van der Waals surface area contributed by atoms with E-state index >= 15 is 0 Å². The van der Waals surface area contributed by atoms with Crippen molar-refractivity contribution in [2.45, 2.75) is 63.5 Å². The van der Waals surface area contributed by atoms with Crippen molar-refractivity contribution in [3.05, 3.63) is 22.4 Å². The fourth-order valence-electron chi connectivity index (χ4n) is 4.36. The van der Waals surface area contributed by atoms with Gasteiger partial charge in [0.1, 0.15) is 0 Å². The third kappa shape index (κ3) is 3.69. The Hall–Kier alpha value is -0.380. The maximum atomic E-state index is 3.86. The maximum absolute atomic E-state index is 3.86. The summed E-state index contributed by atoms with van der Waals surface area (Å²) in [6.45, 7) is 1.09. The highest BCUT2D eigenvalue weighted by Gasteiger charge is 2.37. The van der Waals surface area contributed by atoms with Crippen LogP contribution in [0.2, 0.25) is 0 Å². The number of thiophene rings is 1. The monoisotopic (exact) mass is 306 g/mol. The minimum Gasteiger partial charge on any atom is -0.312 e. The largest absolute Gasteiger partial charge is 0.312 e. The Morgan fingerprint density at radius 1 is 1.24 bits per heavy atom. The van der Waals surface area contributed by atoms with Crippen LogP contribution in [-0.4, -0.2) is 31.6 Å². The van der Waals surface area contributed by atoms with Crippen molar-refractivity contribution in [3.63, 3.8) is 0 Å². The molecular formula is C18H30N2S. The number of hydrogen-bond acceptors (Lipinski definition) is 3. The predicted molar refractivity (Wildman–Crippen MR) is 91.9 cm³/mol. The van der Waals surface area contributed by atoms with Gasteiger partial charge in [-0.2, -0.15) is 0 Å². The molecule has 1 heterocycles.